The van der Waals surface area contributed by atoms with Crippen LogP contribution in [0.1, 0.15) is 16.9 Å². The van der Waals surface area contributed by atoms with E-state index in [0.717, 1.165) is 13.0 Å². The summed E-state index contributed by atoms with van der Waals surface area (Å²) in [5.74, 6) is -1.08. The second-order valence-corrected chi connectivity index (χ2v) is 4.71. The van der Waals surface area contributed by atoms with Gasteiger partial charge in [0, 0.05) is 24.5 Å². The summed E-state index contributed by atoms with van der Waals surface area (Å²) in [5, 5.41) is 16.9. The van der Waals surface area contributed by atoms with Gasteiger partial charge in [0.15, 0.2) is 5.69 Å². The Labute approximate surface area is 116 Å². The summed E-state index contributed by atoms with van der Waals surface area (Å²) in [4.78, 5) is 17.3. The molecule has 7 heteroatoms. The number of carboxylic acids is 1. The lowest BCUT2D eigenvalue weighted by molar-refractivity contribution is 0.0691. The number of hydrogen-bond acceptors (Lipinski definition) is 5. The normalized spacial score (nSPS) is 10.9. The van der Waals surface area contributed by atoms with Gasteiger partial charge in [-0.2, -0.15) is 0 Å². The van der Waals surface area contributed by atoms with E-state index in [9.17, 15) is 9.90 Å². The van der Waals surface area contributed by atoms with Crippen LogP contribution in [0.3, 0.4) is 0 Å². The Hall–Kier alpha value is -2.28. The molecular weight excluding hydrogens is 258 g/mol. The summed E-state index contributed by atoms with van der Waals surface area (Å²) in [7, 11) is 3.98. The van der Waals surface area contributed by atoms with Crippen LogP contribution in [-0.2, 0) is 6.54 Å². The first-order valence-corrected chi connectivity index (χ1v) is 6.31. The predicted octanol–water partition coefficient (Wildman–Crippen LogP) is 0.990. The van der Waals surface area contributed by atoms with Crippen molar-refractivity contribution in [2.24, 2.45) is 0 Å². The van der Waals surface area contributed by atoms with Crippen LogP contribution in [0.4, 0.5) is 0 Å². The van der Waals surface area contributed by atoms with Crippen LogP contribution < -0.4 is 0 Å². The van der Waals surface area contributed by atoms with Crippen LogP contribution in [0.15, 0.2) is 24.5 Å². The van der Waals surface area contributed by atoms with E-state index >= 15 is 0 Å². The Morgan fingerprint density at radius 1 is 1.45 bits per heavy atom. The molecule has 0 bridgehead atoms. The van der Waals surface area contributed by atoms with Crippen molar-refractivity contribution in [1.82, 2.24) is 24.9 Å². The van der Waals surface area contributed by atoms with Gasteiger partial charge < -0.3 is 10.0 Å². The van der Waals surface area contributed by atoms with Gasteiger partial charge in [-0.15, -0.1) is 5.10 Å². The fourth-order valence-electron chi connectivity index (χ4n) is 1.94. The molecule has 0 aliphatic rings. The summed E-state index contributed by atoms with van der Waals surface area (Å²) in [5.41, 5.74) is 1.17. The summed E-state index contributed by atoms with van der Waals surface area (Å²) in [6.07, 6.45) is 4.13. The molecule has 2 rings (SSSR count). The standard InChI is InChI=1S/C13H17N5O2/c1-17(2)7-4-8-18-12(10-5-3-6-14-9-10)11(13(19)20)15-16-18/h3,5-6,9H,4,7-8H2,1-2H3,(H,19,20). The predicted molar refractivity (Wildman–Crippen MR) is 73.4 cm³/mol. The van der Waals surface area contributed by atoms with Gasteiger partial charge in [-0.1, -0.05) is 5.21 Å². The first kappa shape index (κ1) is 14.1. The summed E-state index contributed by atoms with van der Waals surface area (Å²) in [6, 6.07) is 3.57. The molecule has 0 aromatic carbocycles. The van der Waals surface area contributed by atoms with E-state index < -0.39 is 5.97 Å². The fraction of sp³-hybridized carbons (Fsp3) is 0.385. The van der Waals surface area contributed by atoms with E-state index in [-0.39, 0.29) is 5.69 Å². The number of aromatic carboxylic acids is 1. The number of aromatic nitrogens is 4. The number of carbonyl (C=O) groups is 1. The van der Waals surface area contributed by atoms with Crippen molar-refractivity contribution >= 4 is 5.97 Å². The topological polar surface area (TPSA) is 84.1 Å². The molecular formula is C13H17N5O2. The van der Waals surface area contributed by atoms with Crippen molar-refractivity contribution in [3.8, 4) is 11.3 Å². The van der Waals surface area contributed by atoms with Crippen molar-refractivity contribution in [2.45, 2.75) is 13.0 Å². The maximum atomic E-state index is 11.2. The lowest BCUT2D eigenvalue weighted by Crippen LogP contribution is -2.16. The molecule has 2 aromatic rings. The fourth-order valence-corrected chi connectivity index (χ4v) is 1.94. The Morgan fingerprint density at radius 2 is 2.25 bits per heavy atom. The van der Waals surface area contributed by atoms with Crippen molar-refractivity contribution in [2.75, 3.05) is 20.6 Å². The van der Waals surface area contributed by atoms with Gasteiger partial charge in [0.1, 0.15) is 5.69 Å². The Morgan fingerprint density at radius 3 is 2.85 bits per heavy atom. The van der Waals surface area contributed by atoms with Gasteiger partial charge in [-0.25, -0.2) is 9.48 Å². The number of carboxylic acid groups (broad SMARTS) is 1. The van der Waals surface area contributed by atoms with Crippen LogP contribution in [0.2, 0.25) is 0 Å². The Balaban J connectivity index is 2.31. The third-order valence-corrected chi connectivity index (χ3v) is 2.85. The SMILES string of the molecule is CN(C)CCCn1nnc(C(=O)O)c1-c1cccnc1. The molecule has 0 saturated heterocycles. The van der Waals surface area contributed by atoms with Gasteiger partial charge in [-0.3, -0.25) is 4.98 Å². The first-order chi connectivity index (χ1) is 9.59. The van der Waals surface area contributed by atoms with Crippen molar-refractivity contribution < 1.29 is 9.90 Å². The molecule has 0 fully saturated rings. The molecule has 0 saturated carbocycles. The summed E-state index contributed by atoms with van der Waals surface area (Å²) in [6.45, 7) is 1.51. The highest BCUT2D eigenvalue weighted by molar-refractivity contribution is 5.92. The molecule has 0 radical (unpaired) electrons. The van der Waals surface area contributed by atoms with Crippen molar-refractivity contribution in [1.29, 1.82) is 0 Å². The number of aryl methyl sites for hydroxylation is 1. The number of rotatable bonds is 6. The van der Waals surface area contributed by atoms with Crippen molar-refractivity contribution in [3.63, 3.8) is 0 Å². The highest BCUT2D eigenvalue weighted by Crippen LogP contribution is 2.21. The zero-order valence-electron chi connectivity index (χ0n) is 11.5. The van der Waals surface area contributed by atoms with Gasteiger partial charge >= 0.3 is 5.97 Å². The Bertz CT molecular complexity index is 580. The molecule has 0 unspecified atom stereocenters. The molecule has 0 atom stereocenters. The molecule has 0 aliphatic carbocycles. The van der Waals surface area contributed by atoms with Crippen LogP contribution in [0.5, 0.6) is 0 Å². The van der Waals surface area contributed by atoms with E-state index in [1.165, 1.54) is 0 Å². The molecule has 106 valence electrons. The van der Waals surface area contributed by atoms with E-state index in [1.807, 2.05) is 14.1 Å². The van der Waals surface area contributed by atoms with Gasteiger partial charge in [0.2, 0.25) is 0 Å². The van der Waals surface area contributed by atoms with Crippen LogP contribution >= 0.6 is 0 Å². The maximum Gasteiger partial charge on any atom is 0.358 e. The second-order valence-electron chi connectivity index (χ2n) is 4.71. The monoisotopic (exact) mass is 275 g/mol. The molecule has 20 heavy (non-hydrogen) atoms. The first-order valence-electron chi connectivity index (χ1n) is 6.31. The molecule has 7 nitrogen and oxygen atoms in total. The van der Waals surface area contributed by atoms with Crippen LogP contribution in [0, 0.1) is 0 Å². The average molecular weight is 275 g/mol. The Kier molecular flexibility index (Phi) is 4.41. The number of pyridine rings is 1. The van der Waals surface area contributed by atoms with Gasteiger partial charge in [-0.05, 0) is 39.2 Å². The third-order valence-electron chi connectivity index (χ3n) is 2.85. The zero-order chi connectivity index (χ0) is 14.5. The van der Waals surface area contributed by atoms with E-state index in [1.54, 1.807) is 29.2 Å². The highest BCUT2D eigenvalue weighted by Gasteiger charge is 2.20. The number of nitrogens with zero attached hydrogens (tertiary/aromatic N) is 5. The van der Waals surface area contributed by atoms with Crippen LogP contribution in [-0.4, -0.2) is 56.6 Å². The van der Waals surface area contributed by atoms with E-state index in [2.05, 4.69) is 20.2 Å². The van der Waals surface area contributed by atoms with Crippen LogP contribution in [0.25, 0.3) is 11.3 Å². The summed E-state index contributed by atoms with van der Waals surface area (Å²) >= 11 is 0. The largest absolute Gasteiger partial charge is 0.476 e. The summed E-state index contributed by atoms with van der Waals surface area (Å²) < 4.78 is 1.63. The smallest absolute Gasteiger partial charge is 0.358 e. The minimum atomic E-state index is -1.08. The van der Waals surface area contributed by atoms with E-state index in [4.69, 9.17) is 0 Å². The molecule has 2 heterocycles. The molecule has 0 spiro atoms. The number of hydrogen-bond donors (Lipinski definition) is 1. The highest BCUT2D eigenvalue weighted by atomic mass is 16.4. The van der Waals surface area contributed by atoms with Crippen molar-refractivity contribution in [3.05, 3.63) is 30.2 Å². The lowest BCUT2D eigenvalue weighted by Gasteiger charge is -2.10. The lowest BCUT2D eigenvalue weighted by atomic mass is 10.1. The third kappa shape index (κ3) is 3.18. The molecule has 1 N–H and O–H groups in total. The zero-order valence-corrected chi connectivity index (χ0v) is 11.5. The molecule has 0 aliphatic heterocycles. The quantitative estimate of drug-likeness (QED) is 0.846. The molecule has 2 aromatic heterocycles. The van der Waals surface area contributed by atoms with Gasteiger partial charge in [0.05, 0.1) is 0 Å². The second kappa shape index (κ2) is 6.25. The average Bonchev–Trinajstić information content (AvgIpc) is 2.83. The maximum absolute atomic E-state index is 11.2. The minimum absolute atomic E-state index is 0.0390. The van der Waals surface area contributed by atoms with Gasteiger partial charge in [0.25, 0.3) is 0 Å². The minimum Gasteiger partial charge on any atom is -0.476 e. The van der Waals surface area contributed by atoms with E-state index in [0.29, 0.717) is 17.8 Å². The molecule has 0 amide bonds.